The van der Waals surface area contributed by atoms with Crippen LogP contribution in [0.2, 0.25) is 0 Å². The molecular formula is C16H17IN2O. The first-order chi connectivity index (χ1) is 9.47. The molecular weight excluding hydrogens is 363 g/mol. The average Bonchev–Trinajstić information content (AvgIpc) is 2.42. The van der Waals surface area contributed by atoms with Gasteiger partial charge in [0.05, 0.1) is 0 Å². The molecule has 0 aliphatic rings. The van der Waals surface area contributed by atoms with Crippen molar-refractivity contribution in [2.75, 3.05) is 5.32 Å². The topological polar surface area (TPSA) is 55.1 Å². The van der Waals surface area contributed by atoms with Crippen LogP contribution in [0.1, 0.15) is 22.7 Å². The van der Waals surface area contributed by atoms with Crippen LogP contribution in [0, 0.1) is 17.4 Å². The number of anilines is 1. The number of nitrogens with two attached hydrogens (primary N) is 1. The Labute approximate surface area is 132 Å². The molecule has 0 saturated heterocycles. The lowest BCUT2D eigenvalue weighted by molar-refractivity contribution is -0.117. The molecule has 2 rings (SSSR count). The van der Waals surface area contributed by atoms with Gasteiger partial charge in [0.1, 0.15) is 6.04 Å². The fourth-order valence-corrected chi connectivity index (χ4v) is 2.55. The van der Waals surface area contributed by atoms with Gasteiger partial charge < -0.3 is 11.1 Å². The van der Waals surface area contributed by atoms with Crippen molar-refractivity contribution in [1.29, 1.82) is 0 Å². The van der Waals surface area contributed by atoms with Crippen molar-refractivity contribution in [3.63, 3.8) is 0 Å². The van der Waals surface area contributed by atoms with Gasteiger partial charge in [-0.15, -0.1) is 0 Å². The van der Waals surface area contributed by atoms with Gasteiger partial charge in [0.2, 0.25) is 5.91 Å². The fourth-order valence-electron chi connectivity index (χ4n) is 1.90. The van der Waals surface area contributed by atoms with Crippen LogP contribution in [0.4, 0.5) is 5.69 Å². The Kier molecular flexibility index (Phi) is 4.77. The summed E-state index contributed by atoms with van der Waals surface area (Å²) in [6.07, 6.45) is 0. The normalized spacial score (nSPS) is 12.0. The van der Waals surface area contributed by atoms with Crippen LogP contribution in [0.25, 0.3) is 0 Å². The van der Waals surface area contributed by atoms with E-state index in [1.54, 1.807) is 0 Å². The molecule has 0 aliphatic heterocycles. The Hall–Kier alpha value is -1.40. The maximum absolute atomic E-state index is 12.2. The summed E-state index contributed by atoms with van der Waals surface area (Å²) in [5.74, 6) is -0.196. The third-order valence-electron chi connectivity index (χ3n) is 3.17. The quantitative estimate of drug-likeness (QED) is 0.801. The van der Waals surface area contributed by atoms with Gasteiger partial charge >= 0.3 is 0 Å². The Morgan fingerprint density at radius 3 is 2.40 bits per heavy atom. The molecule has 0 heterocycles. The van der Waals surface area contributed by atoms with Gasteiger partial charge in [0.25, 0.3) is 0 Å². The average molecular weight is 380 g/mol. The highest BCUT2D eigenvalue weighted by molar-refractivity contribution is 14.1. The Balaban J connectivity index is 2.13. The molecule has 3 N–H and O–H groups in total. The summed E-state index contributed by atoms with van der Waals surface area (Å²) >= 11 is 2.24. The van der Waals surface area contributed by atoms with Gasteiger partial charge in [-0.3, -0.25) is 4.79 Å². The van der Waals surface area contributed by atoms with Crippen molar-refractivity contribution in [1.82, 2.24) is 0 Å². The molecule has 0 radical (unpaired) electrons. The fraction of sp³-hybridized carbons (Fsp3) is 0.188. The Morgan fingerprint density at radius 1 is 1.15 bits per heavy atom. The van der Waals surface area contributed by atoms with Crippen LogP contribution in [0.3, 0.4) is 0 Å². The van der Waals surface area contributed by atoms with Crippen molar-refractivity contribution >= 4 is 34.2 Å². The second-order valence-electron chi connectivity index (χ2n) is 4.84. The molecule has 104 valence electrons. The largest absolute Gasteiger partial charge is 0.324 e. The lowest BCUT2D eigenvalue weighted by atomic mass is 10.0. The van der Waals surface area contributed by atoms with Crippen LogP contribution < -0.4 is 11.1 Å². The molecule has 0 saturated carbocycles. The van der Waals surface area contributed by atoms with E-state index in [1.165, 1.54) is 0 Å². The minimum absolute atomic E-state index is 0.196. The maximum atomic E-state index is 12.2. The van der Waals surface area contributed by atoms with E-state index in [1.807, 2.05) is 56.3 Å². The van der Waals surface area contributed by atoms with E-state index in [0.29, 0.717) is 0 Å². The number of aryl methyl sites for hydroxylation is 2. The first-order valence-corrected chi connectivity index (χ1v) is 7.44. The second kappa shape index (κ2) is 6.37. The molecule has 0 aromatic heterocycles. The first kappa shape index (κ1) is 15.0. The van der Waals surface area contributed by atoms with Gasteiger partial charge in [-0.2, -0.15) is 0 Å². The molecule has 3 nitrogen and oxygen atoms in total. The summed E-state index contributed by atoms with van der Waals surface area (Å²) in [5.41, 5.74) is 9.80. The summed E-state index contributed by atoms with van der Waals surface area (Å²) in [4.78, 5) is 12.2. The molecule has 4 heteroatoms. The van der Waals surface area contributed by atoms with Crippen LogP contribution >= 0.6 is 22.6 Å². The molecule has 1 amide bonds. The van der Waals surface area contributed by atoms with E-state index in [4.69, 9.17) is 5.73 Å². The summed E-state index contributed by atoms with van der Waals surface area (Å²) in [6.45, 7) is 3.97. The van der Waals surface area contributed by atoms with Crippen molar-refractivity contribution in [2.24, 2.45) is 5.73 Å². The third-order valence-corrected chi connectivity index (χ3v) is 3.84. The van der Waals surface area contributed by atoms with Crippen molar-refractivity contribution in [3.05, 3.63) is 62.7 Å². The van der Waals surface area contributed by atoms with Crippen LogP contribution in [-0.2, 0) is 4.79 Å². The second-order valence-corrected chi connectivity index (χ2v) is 6.08. The molecule has 2 aromatic rings. The maximum Gasteiger partial charge on any atom is 0.245 e. The van der Waals surface area contributed by atoms with Crippen molar-refractivity contribution in [2.45, 2.75) is 19.9 Å². The monoisotopic (exact) mass is 380 g/mol. The van der Waals surface area contributed by atoms with Crippen LogP contribution in [0.15, 0.2) is 42.5 Å². The molecule has 0 fully saturated rings. The number of nitrogens with one attached hydrogen (secondary N) is 1. The highest BCUT2D eigenvalue weighted by atomic mass is 127. The zero-order valence-electron chi connectivity index (χ0n) is 11.5. The summed E-state index contributed by atoms with van der Waals surface area (Å²) in [7, 11) is 0. The number of hydrogen-bond donors (Lipinski definition) is 2. The van der Waals surface area contributed by atoms with Crippen LogP contribution in [-0.4, -0.2) is 5.91 Å². The first-order valence-electron chi connectivity index (χ1n) is 6.36. The van der Waals surface area contributed by atoms with Gasteiger partial charge in [-0.05, 0) is 65.8 Å². The minimum atomic E-state index is -0.658. The van der Waals surface area contributed by atoms with Gasteiger partial charge in [0, 0.05) is 9.26 Å². The summed E-state index contributed by atoms with van der Waals surface area (Å²) in [6, 6.07) is 12.9. The highest BCUT2D eigenvalue weighted by Gasteiger charge is 2.16. The Morgan fingerprint density at radius 2 is 1.80 bits per heavy atom. The van der Waals surface area contributed by atoms with E-state index in [-0.39, 0.29) is 5.91 Å². The molecule has 20 heavy (non-hydrogen) atoms. The summed E-state index contributed by atoms with van der Waals surface area (Å²) < 4.78 is 1.14. The highest BCUT2D eigenvalue weighted by Crippen LogP contribution is 2.20. The zero-order valence-corrected chi connectivity index (χ0v) is 13.6. The molecule has 1 atom stereocenters. The van der Waals surface area contributed by atoms with Gasteiger partial charge in [-0.25, -0.2) is 0 Å². The molecule has 0 aliphatic carbocycles. The number of amides is 1. The number of carbonyl (C=O) groups is 1. The number of benzene rings is 2. The van der Waals surface area contributed by atoms with Crippen molar-refractivity contribution in [3.8, 4) is 0 Å². The van der Waals surface area contributed by atoms with Gasteiger partial charge in [-0.1, -0.05) is 29.8 Å². The lowest BCUT2D eigenvalue weighted by Crippen LogP contribution is -2.28. The predicted molar refractivity (Wildman–Crippen MR) is 90.6 cm³/mol. The molecule has 0 bridgehead atoms. The Bertz CT molecular complexity index is 623. The van der Waals surface area contributed by atoms with E-state index in [9.17, 15) is 4.79 Å². The molecule has 0 spiro atoms. The van der Waals surface area contributed by atoms with E-state index in [2.05, 4.69) is 27.9 Å². The minimum Gasteiger partial charge on any atom is -0.324 e. The van der Waals surface area contributed by atoms with Crippen molar-refractivity contribution < 1.29 is 4.79 Å². The predicted octanol–water partition coefficient (Wildman–Crippen LogP) is 3.55. The van der Waals surface area contributed by atoms with Crippen LogP contribution in [0.5, 0.6) is 0 Å². The third kappa shape index (κ3) is 3.58. The van der Waals surface area contributed by atoms with E-state index < -0.39 is 6.04 Å². The standard InChI is InChI=1S/C16H17IN2O/c1-10-3-5-12(6-4-10)15(18)16(20)19-14-8-7-13(17)9-11(14)2/h3-9,15H,18H2,1-2H3,(H,19,20). The lowest BCUT2D eigenvalue weighted by Gasteiger charge is -2.14. The number of halogens is 1. The smallest absolute Gasteiger partial charge is 0.245 e. The van der Waals surface area contributed by atoms with Gasteiger partial charge in [0.15, 0.2) is 0 Å². The number of hydrogen-bond acceptors (Lipinski definition) is 2. The van der Waals surface area contributed by atoms with E-state index in [0.717, 1.165) is 25.9 Å². The number of rotatable bonds is 3. The molecule has 1 unspecified atom stereocenters. The summed E-state index contributed by atoms with van der Waals surface area (Å²) in [5, 5.41) is 2.88. The zero-order chi connectivity index (χ0) is 14.7. The molecule has 2 aromatic carbocycles. The SMILES string of the molecule is Cc1ccc(C(N)C(=O)Nc2ccc(I)cc2C)cc1. The van der Waals surface area contributed by atoms with E-state index >= 15 is 0 Å². The number of carbonyl (C=O) groups excluding carboxylic acids is 1.